The van der Waals surface area contributed by atoms with Crippen LogP contribution in [0, 0.1) is 0 Å². The monoisotopic (exact) mass is 277 g/mol. The molecule has 2 rings (SSSR count). The Labute approximate surface area is 118 Å². The molecule has 1 atom stereocenters. The second-order valence-electron chi connectivity index (χ2n) is 4.27. The Balaban J connectivity index is 1.98. The number of thiophene rings is 1. The Morgan fingerprint density at radius 1 is 1.33 bits per heavy atom. The summed E-state index contributed by atoms with van der Waals surface area (Å²) >= 11 is 3.67. The molecular formula is C15H19NS2. The van der Waals surface area contributed by atoms with Gasteiger partial charge < -0.3 is 5.32 Å². The lowest BCUT2D eigenvalue weighted by molar-refractivity contribution is 0.597. The first-order valence-corrected chi connectivity index (χ1v) is 8.19. The van der Waals surface area contributed by atoms with E-state index in [1.54, 1.807) is 11.3 Å². The fraction of sp³-hybridized carbons (Fsp3) is 0.333. The van der Waals surface area contributed by atoms with Crippen molar-refractivity contribution in [3.63, 3.8) is 0 Å². The smallest absolute Gasteiger partial charge is 0.0292 e. The molecule has 0 saturated heterocycles. The molecule has 0 aliphatic rings. The lowest BCUT2D eigenvalue weighted by atomic mass is 10.1. The van der Waals surface area contributed by atoms with E-state index < -0.39 is 0 Å². The largest absolute Gasteiger partial charge is 0.310 e. The summed E-state index contributed by atoms with van der Waals surface area (Å²) in [5.41, 5.74) is 2.78. The maximum Gasteiger partial charge on any atom is 0.0292 e. The quantitative estimate of drug-likeness (QED) is 0.767. The normalized spacial score (nSPS) is 12.6. The molecule has 3 heteroatoms. The van der Waals surface area contributed by atoms with E-state index in [9.17, 15) is 0 Å². The molecule has 0 bridgehead atoms. The molecule has 1 heterocycles. The minimum Gasteiger partial charge on any atom is -0.310 e. The minimum absolute atomic E-state index is 0.427. The van der Waals surface area contributed by atoms with Gasteiger partial charge in [-0.15, -0.1) is 11.8 Å². The van der Waals surface area contributed by atoms with Crippen LogP contribution in [0.2, 0.25) is 0 Å². The van der Waals surface area contributed by atoms with Crippen molar-refractivity contribution >= 4 is 23.1 Å². The number of rotatable bonds is 6. The first-order valence-electron chi connectivity index (χ1n) is 6.27. The van der Waals surface area contributed by atoms with Gasteiger partial charge in [0.05, 0.1) is 0 Å². The van der Waals surface area contributed by atoms with E-state index >= 15 is 0 Å². The zero-order chi connectivity index (χ0) is 12.8. The highest BCUT2D eigenvalue weighted by Gasteiger charge is 2.04. The summed E-state index contributed by atoms with van der Waals surface area (Å²) in [4.78, 5) is 1.35. The first-order chi connectivity index (χ1) is 8.79. The van der Waals surface area contributed by atoms with Gasteiger partial charge in [-0.3, -0.25) is 0 Å². The molecule has 0 aliphatic carbocycles. The molecule has 18 heavy (non-hydrogen) atoms. The van der Waals surface area contributed by atoms with Gasteiger partial charge in [0, 0.05) is 16.7 Å². The van der Waals surface area contributed by atoms with Gasteiger partial charge in [0.1, 0.15) is 0 Å². The molecule has 1 nitrogen and oxygen atoms in total. The molecule has 0 saturated carbocycles. The third-order valence-electron chi connectivity index (χ3n) is 2.85. The fourth-order valence-corrected chi connectivity index (χ4v) is 3.52. The number of nitrogens with one attached hydrogen (secondary N) is 1. The van der Waals surface area contributed by atoms with E-state index in [2.05, 4.69) is 60.3 Å². The zero-order valence-electron chi connectivity index (χ0n) is 10.8. The number of benzene rings is 1. The highest BCUT2D eigenvalue weighted by Crippen LogP contribution is 2.26. The average molecular weight is 277 g/mol. The predicted molar refractivity (Wildman–Crippen MR) is 82.4 cm³/mol. The van der Waals surface area contributed by atoms with Crippen molar-refractivity contribution in [1.82, 2.24) is 5.32 Å². The molecule has 1 unspecified atom stereocenters. The average Bonchev–Trinajstić information content (AvgIpc) is 2.90. The zero-order valence-corrected chi connectivity index (χ0v) is 12.5. The highest BCUT2D eigenvalue weighted by atomic mass is 32.2. The molecule has 2 aromatic rings. The van der Waals surface area contributed by atoms with E-state index in [1.165, 1.54) is 16.0 Å². The number of thioether (sulfide) groups is 1. The van der Waals surface area contributed by atoms with Crippen LogP contribution >= 0.6 is 23.1 Å². The van der Waals surface area contributed by atoms with Gasteiger partial charge in [0.15, 0.2) is 0 Å². The van der Waals surface area contributed by atoms with E-state index in [1.807, 2.05) is 11.8 Å². The molecule has 0 fully saturated rings. The van der Waals surface area contributed by atoms with Gasteiger partial charge in [0.2, 0.25) is 0 Å². The Morgan fingerprint density at radius 3 is 2.94 bits per heavy atom. The Hall–Kier alpha value is -0.770. The molecule has 0 aliphatic heterocycles. The maximum atomic E-state index is 3.45. The second-order valence-corrected chi connectivity index (χ2v) is 6.10. The standard InChI is InChI=1S/C15H19NS2/c1-3-16-12(2)14-5-4-6-15(9-14)18-11-13-7-8-17-10-13/h4-10,12,16H,3,11H2,1-2H3. The van der Waals surface area contributed by atoms with Crippen LogP contribution in [0.1, 0.15) is 31.0 Å². The van der Waals surface area contributed by atoms with Gasteiger partial charge in [0.25, 0.3) is 0 Å². The molecule has 0 spiro atoms. The van der Waals surface area contributed by atoms with Crippen LogP contribution in [0.25, 0.3) is 0 Å². The summed E-state index contributed by atoms with van der Waals surface area (Å²) in [7, 11) is 0. The van der Waals surface area contributed by atoms with Crippen LogP contribution in [0.15, 0.2) is 46.0 Å². The molecule has 0 radical (unpaired) electrons. The van der Waals surface area contributed by atoms with Gasteiger partial charge in [-0.2, -0.15) is 11.3 Å². The van der Waals surface area contributed by atoms with Gasteiger partial charge in [-0.25, -0.2) is 0 Å². The summed E-state index contributed by atoms with van der Waals surface area (Å²) in [6.45, 7) is 5.37. The second kappa shape index (κ2) is 6.98. The van der Waals surface area contributed by atoms with Crippen molar-refractivity contribution in [1.29, 1.82) is 0 Å². The van der Waals surface area contributed by atoms with Gasteiger partial charge in [-0.05, 0) is 53.6 Å². The topological polar surface area (TPSA) is 12.0 Å². The third-order valence-corrected chi connectivity index (χ3v) is 4.65. The fourth-order valence-electron chi connectivity index (χ4n) is 1.84. The molecule has 1 aromatic carbocycles. The molecule has 1 aromatic heterocycles. The van der Waals surface area contributed by atoms with Crippen LogP contribution in [0.5, 0.6) is 0 Å². The lowest BCUT2D eigenvalue weighted by Crippen LogP contribution is -2.17. The number of hydrogen-bond donors (Lipinski definition) is 1. The molecular weight excluding hydrogens is 258 g/mol. The third kappa shape index (κ3) is 3.87. The van der Waals surface area contributed by atoms with Crippen molar-refractivity contribution in [3.05, 3.63) is 52.2 Å². The summed E-state index contributed by atoms with van der Waals surface area (Å²) in [6.07, 6.45) is 0. The van der Waals surface area contributed by atoms with Crippen LogP contribution in [0.3, 0.4) is 0 Å². The Bertz CT molecular complexity index is 465. The van der Waals surface area contributed by atoms with Crippen molar-refractivity contribution in [3.8, 4) is 0 Å². The van der Waals surface area contributed by atoms with Crippen LogP contribution in [-0.2, 0) is 5.75 Å². The van der Waals surface area contributed by atoms with E-state index in [4.69, 9.17) is 0 Å². The van der Waals surface area contributed by atoms with Crippen LogP contribution in [0.4, 0.5) is 0 Å². The van der Waals surface area contributed by atoms with Crippen molar-refractivity contribution in [2.24, 2.45) is 0 Å². The van der Waals surface area contributed by atoms with Crippen molar-refractivity contribution in [2.75, 3.05) is 6.54 Å². The summed E-state index contributed by atoms with van der Waals surface area (Å²) in [5, 5.41) is 7.81. The number of hydrogen-bond acceptors (Lipinski definition) is 3. The van der Waals surface area contributed by atoms with E-state index in [0.717, 1.165) is 12.3 Å². The van der Waals surface area contributed by atoms with Crippen molar-refractivity contribution < 1.29 is 0 Å². The predicted octanol–water partition coefficient (Wildman–Crippen LogP) is 4.71. The van der Waals surface area contributed by atoms with E-state index in [0.29, 0.717) is 6.04 Å². The summed E-state index contributed by atoms with van der Waals surface area (Å²) < 4.78 is 0. The van der Waals surface area contributed by atoms with Gasteiger partial charge in [-0.1, -0.05) is 19.1 Å². The summed E-state index contributed by atoms with van der Waals surface area (Å²) in [6, 6.07) is 11.5. The maximum absolute atomic E-state index is 3.45. The SMILES string of the molecule is CCNC(C)c1cccc(SCc2ccsc2)c1. The molecule has 1 N–H and O–H groups in total. The summed E-state index contributed by atoms with van der Waals surface area (Å²) in [5.74, 6) is 1.06. The lowest BCUT2D eigenvalue weighted by Gasteiger charge is -2.13. The highest BCUT2D eigenvalue weighted by molar-refractivity contribution is 7.98. The molecule has 96 valence electrons. The molecule has 0 amide bonds. The minimum atomic E-state index is 0.427. The van der Waals surface area contributed by atoms with Crippen molar-refractivity contribution in [2.45, 2.75) is 30.5 Å². The Kier molecular flexibility index (Phi) is 5.29. The Morgan fingerprint density at radius 2 is 2.22 bits per heavy atom. The van der Waals surface area contributed by atoms with Crippen LogP contribution in [-0.4, -0.2) is 6.54 Å². The van der Waals surface area contributed by atoms with Crippen LogP contribution < -0.4 is 5.32 Å². The van der Waals surface area contributed by atoms with E-state index in [-0.39, 0.29) is 0 Å². The first kappa shape index (κ1) is 13.7. The van der Waals surface area contributed by atoms with Gasteiger partial charge >= 0.3 is 0 Å².